The summed E-state index contributed by atoms with van der Waals surface area (Å²) in [6.45, 7) is 2.16. The predicted molar refractivity (Wildman–Crippen MR) is 62.8 cm³/mol. The molecule has 0 spiro atoms. The Kier molecular flexibility index (Phi) is 3.62. The number of aliphatic hydroxyl groups is 1. The van der Waals surface area contributed by atoms with Crippen LogP contribution in [0.1, 0.15) is 12.8 Å². The molecule has 1 aromatic rings. The van der Waals surface area contributed by atoms with Crippen LogP contribution < -0.4 is 9.64 Å². The van der Waals surface area contributed by atoms with E-state index in [0.29, 0.717) is 11.8 Å². The van der Waals surface area contributed by atoms with Gasteiger partial charge in [-0.2, -0.15) is 4.98 Å². The normalized spacial score (nSPS) is 20.9. The number of pyridine rings is 1. The van der Waals surface area contributed by atoms with Gasteiger partial charge in [0.1, 0.15) is 5.82 Å². The molecule has 4 heteroatoms. The molecule has 0 amide bonds. The van der Waals surface area contributed by atoms with Crippen LogP contribution in [0, 0.1) is 5.92 Å². The van der Waals surface area contributed by atoms with Crippen molar-refractivity contribution in [2.45, 2.75) is 12.8 Å². The minimum absolute atomic E-state index is 0.264. The van der Waals surface area contributed by atoms with Gasteiger partial charge in [0.2, 0.25) is 5.88 Å². The van der Waals surface area contributed by atoms with Crippen molar-refractivity contribution in [3.05, 3.63) is 18.2 Å². The van der Waals surface area contributed by atoms with Crippen LogP contribution in [0.15, 0.2) is 18.2 Å². The van der Waals surface area contributed by atoms with Crippen LogP contribution in [0.3, 0.4) is 0 Å². The van der Waals surface area contributed by atoms with Crippen molar-refractivity contribution in [2.24, 2.45) is 5.92 Å². The minimum Gasteiger partial charge on any atom is -0.481 e. The number of nitrogens with zero attached hydrogens (tertiary/aromatic N) is 2. The molecule has 2 heterocycles. The fourth-order valence-electron chi connectivity index (χ4n) is 2.12. The second-order valence-electron chi connectivity index (χ2n) is 4.17. The Morgan fingerprint density at radius 1 is 1.56 bits per heavy atom. The molecule has 1 fully saturated rings. The van der Waals surface area contributed by atoms with E-state index in [-0.39, 0.29) is 6.61 Å². The molecule has 0 radical (unpaired) electrons. The van der Waals surface area contributed by atoms with Crippen LogP contribution in [0.5, 0.6) is 5.88 Å². The Morgan fingerprint density at radius 3 is 3.19 bits per heavy atom. The molecule has 0 saturated carbocycles. The lowest BCUT2D eigenvalue weighted by Crippen LogP contribution is -2.37. The number of anilines is 1. The van der Waals surface area contributed by atoms with Gasteiger partial charge < -0.3 is 14.7 Å². The van der Waals surface area contributed by atoms with Crippen molar-refractivity contribution in [1.29, 1.82) is 0 Å². The maximum absolute atomic E-state index is 9.18. The van der Waals surface area contributed by atoms with Crippen molar-refractivity contribution in [1.82, 2.24) is 4.98 Å². The summed E-state index contributed by atoms with van der Waals surface area (Å²) in [7, 11) is 1.62. The van der Waals surface area contributed by atoms with Crippen LogP contribution in [-0.2, 0) is 0 Å². The van der Waals surface area contributed by atoms with Crippen molar-refractivity contribution in [3.8, 4) is 5.88 Å². The van der Waals surface area contributed by atoms with Crippen LogP contribution in [-0.4, -0.2) is 36.9 Å². The molecular formula is C12H18N2O2. The van der Waals surface area contributed by atoms with Crippen molar-refractivity contribution < 1.29 is 9.84 Å². The van der Waals surface area contributed by atoms with Gasteiger partial charge in [0.25, 0.3) is 0 Å². The molecular weight excluding hydrogens is 204 g/mol. The summed E-state index contributed by atoms with van der Waals surface area (Å²) < 4.78 is 5.11. The topological polar surface area (TPSA) is 45.6 Å². The Morgan fingerprint density at radius 2 is 2.44 bits per heavy atom. The first-order valence-corrected chi connectivity index (χ1v) is 5.70. The third kappa shape index (κ3) is 2.44. The highest BCUT2D eigenvalue weighted by Gasteiger charge is 2.20. The zero-order valence-electron chi connectivity index (χ0n) is 9.59. The first-order valence-electron chi connectivity index (χ1n) is 5.70. The van der Waals surface area contributed by atoms with Gasteiger partial charge in [0, 0.05) is 25.8 Å². The number of hydrogen-bond donors (Lipinski definition) is 1. The lowest BCUT2D eigenvalue weighted by molar-refractivity contribution is 0.208. The van der Waals surface area contributed by atoms with E-state index < -0.39 is 0 Å². The Hall–Kier alpha value is -1.29. The third-order valence-corrected chi connectivity index (χ3v) is 3.02. The Balaban J connectivity index is 2.10. The monoisotopic (exact) mass is 222 g/mol. The molecule has 0 aliphatic carbocycles. The number of rotatable bonds is 3. The van der Waals surface area contributed by atoms with E-state index in [9.17, 15) is 5.11 Å². The standard InChI is InChI=1S/C12H18N2O2/c1-16-12-6-2-5-11(13-12)14-7-3-4-10(8-14)9-15/h2,5-6,10,15H,3-4,7-9H2,1H3. The molecule has 16 heavy (non-hydrogen) atoms. The average Bonchev–Trinajstić information content (AvgIpc) is 2.39. The number of ether oxygens (including phenoxy) is 1. The number of hydrogen-bond acceptors (Lipinski definition) is 4. The lowest BCUT2D eigenvalue weighted by atomic mass is 9.99. The largest absolute Gasteiger partial charge is 0.481 e. The SMILES string of the molecule is COc1cccc(N2CCCC(CO)C2)n1. The number of piperidine rings is 1. The van der Waals surface area contributed by atoms with Gasteiger partial charge in [-0.1, -0.05) is 6.07 Å². The molecule has 0 bridgehead atoms. The highest BCUT2D eigenvalue weighted by atomic mass is 16.5. The zero-order chi connectivity index (χ0) is 11.4. The number of methoxy groups -OCH3 is 1. The fraction of sp³-hybridized carbons (Fsp3) is 0.583. The van der Waals surface area contributed by atoms with E-state index in [4.69, 9.17) is 4.74 Å². The molecule has 1 N–H and O–H groups in total. The van der Waals surface area contributed by atoms with Gasteiger partial charge in [-0.3, -0.25) is 0 Å². The molecule has 1 saturated heterocycles. The summed E-state index contributed by atoms with van der Waals surface area (Å²) in [4.78, 5) is 6.62. The zero-order valence-corrected chi connectivity index (χ0v) is 9.59. The van der Waals surface area contributed by atoms with Gasteiger partial charge >= 0.3 is 0 Å². The summed E-state index contributed by atoms with van der Waals surface area (Å²) in [6, 6.07) is 5.78. The first-order chi connectivity index (χ1) is 7.83. The molecule has 0 aromatic carbocycles. The van der Waals surface area contributed by atoms with E-state index in [2.05, 4.69) is 9.88 Å². The molecule has 4 nitrogen and oxygen atoms in total. The first kappa shape index (κ1) is 11.2. The van der Waals surface area contributed by atoms with E-state index in [1.165, 1.54) is 0 Å². The molecule has 1 aromatic heterocycles. The van der Waals surface area contributed by atoms with Crippen molar-refractivity contribution >= 4 is 5.82 Å². The van der Waals surface area contributed by atoms with Crippen molar-refractivity contribution in [3.63, 3.8) is 0 Å². The minimum atomic E-state index is 0.264. The summed E-state index contributed by atoms with van der Waals surface area (Å²) in [6.07, 6.45) is 2.22. The molecule has 1 unspecified atom stereocenters. The maximum atomic E-state index is 9.18. The molecule has 1 atom stereocenters. The second-order valence-corrected chi connectivity index (χ2v) is 4.17. The van der Waals surface area contributed by atoms with E-state index in [0.717, 1.165) is 31.7 Å². The second kappa shape index (κ2) is 5.16. The summed E-state index contributed by atoms with van der Waals surface area (Å²) in [5.41, 5.74) is 0. The van der Waals surface area contributed by atoms with Crippen LogP contribution in [0.2, 0.25) is 0 Å². The van der Waals surface area contributed by atoms with E-state index >= 15 is 0 Å². The molecule has 1 aliphatic rings. The van der Waals surface area contributed by atoms with Gasteiger partial charge in [-0.25, -0.2) is 0 Å². The molecule has 2 rings (SSSR count). The lowest BCUT2D eigenvalue weighted by Gasteiger charge is -2.32. The smallest absolute Gasteiger partial charge is 0.214 e. The van der Waals surface area contributed by atoms with Crippen LogP contribution in [0.25, 0.3) is 0 Å². The van der Waals surface area contributed by atoms with Gasteiger partial charge in [0.05, 0.1) is 7.11 Å². The molecule has 88 valence electrons. The molecule has 1 aliphatic heterocycles. The highest BCUT2D eigenvalue weighted by Crippen LogP contribution is 2.22. The van der Waals surface area contributed by atoms with Crippen LogP contribution in [0.4, 0.5) is 5.82 Å². The number of aromatic nitrogens is 1. The summed E-state index contributed by atoms with van der Waals surface area (Å²) in [5, 5.41) is 9.18. The van der Waals surface area contributed by atoms with Crippen LogP contribution >= 0.6 is 0 Å². The van der Waals surface area contributed by atoms with E-state index in [1.807, 2.05) is 18.2 Å². The third-order valence-electron chi connectivity index (χ3n) is 3.02. The average molecular weight is 222 g/mol. The van der Waals surface area contributed by atoms with Gasteiger partial charge in [-0.15, -0.1) is 0 Å². The summed E-state index contributed by atoms with van der Waals surface area (Å²) >= 11 is 0. The maximum Gasteiger partial charge on any atom is 0.214 e. The van der Waals surface area contributed by atoms with Gasteiger partial charge in [-0.05, 0) is 24.8 Å². The van der Waals surface area contributed by atoms with Gasteiger partial charge in [0.15, 0.2) is 0 Å². The summed E-state index contributed by atoms with van der Waals surface area (Å²) in [5.74, 6) is 1.96. The predicted octanol–water partition coefficient (Wildman–Crippen LogP) is 1.30. The Bertz CT molecular complexity index is 344. The number of aliphatic hydroxyl groups excluding tert-OH is 1. The quantitative estimate of drug-likeness (QED) is 0.837. The Labute approximate surface area is 95.9 Å². The van der Waals surface area contributed by atoms with Crippen molar-refractivity contribution in [2.75, 3.05) is 31.7 Å². The fourth-order valence-corrected chi connectivity index (χ4v) is 2.12. The van der Waals surface area contributed by atoms with E-state index in [1.54, 1.807) is 7.11 Å². The highest BCUT2D eigenvalue weighted by molar-refractivity contribution is 5.41.